The molecule has 2 N–H and O–H groups in total. The standard InChI is InChI=1S/C18H25NO3/c1-13-8-6-7-9-14(13)12-17(20)19-16-11-5-3-2-4-10-15(16)18(21)22/h6-9,15-16H,2-5,10-12H2,1H3,(H,19,20)(H,21,22). The predicted octanol–water partition coefficient (Wildman–Crippen LogP) is 3.08. The summed E-state index contributed by atoms with van der Waals surface area (Å²) in [6, 6.07) is 7.56. The molecule has 0 aromatic heterocycles. The third-order valence-electron chi connectivity index (χ3n) is 4.54. The van der Waals surface area contributed by atoms with Crippen LogP contribution in [0.3, 0.4) is 0 Å². The molecule has 0 saturated heterocycles. The highest BCUT2D eigenvalue weighted by molar-refractivity contribution is 5.80. The van der Waals surface area contributed by atoms with Gasteiger partial charge in [0.05, 0.1) is 12.3 Å². The molecule has 2 rings (SSSR count). The van der Waals surface area contributed by atoms with Gasteiger partial charge in [-0.1, -0.05) is 49.9 Å². The van der Waals surface area contributed by atoms with Crippen LogP contribution in [0.15, 0.2) is 24.3 Å². The van der Waals surface area contributed by atoms with Gasteiger partial charge in [0.15, 0.2) is 0 Å². The average Bonchev–Trinajstić information content (AvgIpc) is 2.44. The Hall–Kier alpha value is -1.84. The average molecular weight is 303 g/mol. The zero-order valence-corrected chi connectivity index (χ0v) is 13.2. The molecule has 2 unspecified atom stereocenters. The molecule has 1 fully saturated rings. The van der Waals surface area contributed by atoms with E-state index in [1.54, 1.807) is 0 Å². The van der Waals surface area contributed by atoms with Crippen LogP contribution in [0.25, 0.3) is 0 Å². The molecule has 1 aromatic carbocycles. The number of benzene rings is 1. The summed E-state index contributed by atoms with van der Waals surface area (Å²) >= 11 is 0. The number of carboxylic acid groups (broad SMARTS) is 1. The number of rotatable bonds is 4. The number of aliphatic carboxylic acids is 1. The highest BCUT2D eigenvalue weighted by atomic mass is 16.4. The molecule has 2 atom stereocenters. The molecule has 0 spiro atoms. The van der Waals surface area contributed by atoms with Gasteiger partial charge < -0.3 is 10.4 Å². The van der Waals surface area contributed by atoms with E-state index in [1.165, 1.54) is 0 Å². The van der Waals surface area contributed by atoms with Crippen molar-refractivity contribution in [1.29, 1.82) is 0 Å². The molecule has 120 valence electrons. The van der Waals surface area contributed by atoms with E-state index in [2.05, 4.69) is 5.32 Å². The van der Waals surface area contributed by atoms with Crippen molar-refractivity contribution in [2.75, 3.05) is 0 Å². The van der Waals surface area contributed by atoms with Crippen molar-refractivity contribution in [3.8, 4) is 0 Å². The van der Waals surface area contributed by atoms with Gasteiger partial charge in [-0.15, -0.1) is 0 Å². The molecule has 1 saturated carbocycles. The maximum Gasteiger partial charge on any atom is 0.308 e. The molecule has 0 heterocycles. The number of hydrogen-bond donors (Lipinski definition) is 2. The summed E-state index contributed by atoms with van der Waals surface area (Å²) in [6.45, 7) is 1.98. The van der Waals surface area contributed by atoms with E-state index >= 15 is 0 Å². The summed E-state index contributed by atoms with van der Waals surface area (Å²) in [6.07, 6.45) is 5.86. The van der Waals surface area contributed by atoms with Crippen molar-refractivity contribution in [1.82, 2.24) is 5.32 Å². The Bertz CT molecular complexity index is 527. The van der Waals surface area contributed by atoms with Gasteiger partial charge in [0.1, 0.15) is 0 Å². The topological polar surface area (TPSA) is 66.4 Å². The van der Waals surface area contributed by atoms with E-state index in [1.807, 2.05) is 31.2 Å². The summed E-state index contributed by atoms with van der Waals surface area (Å²) in [5, 5.41) is 12.4. The minimum Gasteiger partial charge on any atom is -0.481 e. The number of carboxylic acids is 1. The summed E-state index contributed by atoms with van der Waals surface area (Å²) in [5.74, 6) is -1.32. The minimum absolute atomic E-state index is 0.0777. The van der Waals surface area contributed by atoms with Crippen LogP contribution < -0.4 is 5.32 Å². The van der Waals surface area contributed by atoms with Crippen molar-refractivity contribution in [2.45, 2.75) is 57.9 Å². The predicted molar refractivity (Wildman–Crippen MR) is 85.6 cm³/mol. The van der Waals surface area contributed by atoms with Crippen molar-refractivity contribution >= 4 is 11.9 Å². The fourth-order valence-corrected chi connectivity index (χ4v) is 3.19. The number of carbonyl (C=O) groups excluding carboxylic acids is 1. The Morgan fingerprint density at radius 2 is 1.82 bits per heavy atom. The van der Waals surface area contributed by atoms with Gasteiger partial charge in [-0.2, -0.15) is 0 Å². The third kappa shape index (κ3) is 4.58. The molecular weight excluding hydrogens is 278 g/mol. The van der Waals surface area contributed by atoms with E-state index in [-0.39, 0.29) is 11.9 Å². The quantitative estimate of drug-likeness (QED) is 0.898. The Kier molecular flexibility index (Phi) is 5.99. The minimum atomic E-state index is -0.789. The summed E-state index contributed by atoms with van der Waals surface area (Å²) in [4.78, 5) is 23.8. The fourth-order valence-electron chi connectivity index (χ4n) is 3.19. The SMILES string of the molecule is Cc1ccccc1CC(=O)NC1CCCCCCC1C(=O)O. The van der Waals surface area contributed by atoms with Crippen LogP contribution in [-0.2, 0) is 16.0 Å². The van der Waals surface area contributed by atoms with Crippen molar-refractivity contribution < 1.29 is 14.7 Å². The Balaban J connectivity index is 2.00. The molecule has 4 nitrogen and oxygen atoms in total. The van der Waals surface area contributed by atoms with Crippen LogP contribution in [-0.4, -0.2) is 23.0 Å². The van der Waals surface area contributed by atoms with Crippen LogP contribution in [0.2, 0.25) is 0 Å². The van der Waals surface area contributed by atoms with Crippen LogP contribution in [0.1, 0.15) is 49.7 Å². The summed E-state index contributed by atoms with van der Waals surface area (Å²) in [7, 11) is 0. The maximum absolute atomic E-state index is 12.3. The normalized spacial score (nSPS) is 22.4. The lowest BCUT2D eigenvalue weighted by Gasteiger charge is -2.27. The molecule has 1 aliphatic rings. The van der Waals surface area contributed by atoms with E-state index in [0.29, 0.717) is 12.8 Å². The molecule has 22 heavy (non-hydrogen) atoms. The molecule has 1 amide bonds. The van der Waals surface area contributed by atoms with Gasteiger partial charge in [0, 0.05) is 6.04 Å². The first-order valence-electron chi connectivity index (χ1n) is 8.14. The van der Waals surface area contributed by atoms with E-state index < -0.39 is 11.9 Å². The first kappa shape index (κ1) is 16.5. The van der Waals surface area contributed by atoms with Gasteiger partial charge in [0.25, 0.3) is 0 Å². The molecule has 0 radical (unpaired) electrons. The highest BCUT2D eigenvalue weighted by Crippen LogP contribution is 2.23. The highest BCUT2D eigenvalue weighted by Gasteiger charge is 2.29. The first-order valence-corrected chi connectivity index (χ1v) is 8.14. The van der Waals surface area contributed by atoms with E-state index in [9.17, 15) is 14.7 Å². The smallest absolute Gasteiger partial charge is 0.308 e. The second kappa shape index (κ2) is 7.97. The number of amides is 1. The van der Waals surface area contributed by atoms with Gasteiger partial charge in [-0.05, 0) is 30.9 Å². The second-order valence-electron chi connectivity index (χ2n) is 6.21. The molecule has 0 bridgehead atoms. The second-order valence-corrected chi connectivity index (χ2v) is 6.21. The Labute approximate surface area is 131 Å². The first-order chi connectivity index (χ1) is 10.6. The molecular formula is C18H25NO3. The van der Waals surface area contributed by atoms with Crippen molar-refractivity contribution in [3.05, 3.63) is 35.4 Å². The van der Waals surface area contributed by atoms with Crippen LogP contribution in [0, 0.1) is 12.8 Å². The van der Waals surface area contributed by atoms with Crippen LogP contribution in [0.4, 0.5) is 0 Å². The van der Waals surface area contributed by atoms with Gasteiger partial charge in [-0.25, -0.2) is 0 Å². The van der Waals surface area contributed by atoms with Gasteiger partial charge in [0.2, 0.25) is 5.91 Å². The summed E-state index contributed by atoms with van der Waals surface area (Å²) in [5.41, 5.74) is 2.09. The lowest BCUT2D eigenvalue weighted by atomic mass is 9.86. The molecule has 1 aromatic rings. The molecule has 0 aliphatic heterocycles. The molecule has 4 heteroatoms. The van der Waals surface area contributed by atoms with E-state index in [4.69, 9.17) is 0 Å². The zero-order chi connectivity index (χ0) is 15.9. The van der Waals surface area contributed by atoms with Gasteiger partial charge >= 0.3 is 5.97 Å². The van der Waals surface area contributed by atoms with Crippen LogP contribution in [0.5, 0.6) is 0 Å². The number of carbonyl (C=O) groups is 2. The lowest BCUT2D eigenvalue weighted by molar-refractivity contribution is -0.143. The number of aryl methyl sites for hydroxylation is 1. The number of hydrogen-bond acceptors (Lipinski definition) is 2. The summed E-state index contributed by atoms with van der Waals surface area (Å²) < 4.78 is 0. The maximum atomic E-state index is 12.3. The monoisotopic (exact) mass is 303 g/mol. The van der Waals surface area contributed by atoms with Gasteiger partial charge in [-0.3, -0.25) is 9.59 Å². The zero-order valence-electron chi connectivity index (χ0n) is 13.2. The third-order valence-corrected chi connectivity index (χ3v) is 4.54. The molecule has 1 aliphatic carbocycles. The van der Waals surface area contributed by atoms with Crippen molar-refractivity contribution in [2.24, 2.45) is 5.92 Å². The Morgan fingerprint density at radius 1 is 1.14 bits per heavy atom. The fraction of sp³-hybridized carbons (Fsp3) is 0.556. The lowest BCUT2D eigenvalue weighted by Crippen LogP contribution is -2.44. The van der Waals surface area contributed by atoms with Crippen LogP contribution >= 0.6 is 0 Å². The largest absolute Gasteiger partial charge is 0.481 e. The number of nitrogens with one attached hydrogen (secondary N) is 1. The Morgan fingerprint density at radius 3 is 2.50 bits per heavy atom. The van der Waals surface area contributed by atoms with Crippen molar-refractivity contribution in [3.63, 3.8) is 0 Å². The van der Waals surface area contributed by atoms with E-state index in [0.717, 1.165) is 43.2 Å².